The van der Waals surface area contributed by atoms with Crippen molar-refractivity contribution >= 4 is 17.5 Å². The molecule has 0 radical (unpaired) electrons. The van der Waals surface area contributed by atoms with Crippen LogP contribution in [0.4, 0.5) is 0 Å². The van der Waals surface area contributed by atoms with Crippen molar-refractivity contribution in [3.8, 4) is 5.75 Å². The first kappa shape index (κ1) is 16.8. The second-order valence-corrected chi connectivity index (χ2v) is 5.79. The third-order valence-corrected chi connectivity index (χ3v) is 2.98. The number of benzene rings is 1. The standard InChI is InChI=1S/C15H23ClN2O2/c1-11(2)8-17-9-12-7-13(16)5-6-14(12)20-10-15(19)18(3)4/h5-7,11,17H,8-10H2,1-4H3. The molecule has 5 heteroatoms. The number of rotatable bonds is 7. The van der Waals surface area contributed by atoms with E-state index in [0.717, 1.165) is 12.1 Å². The number of nitrogens with zero attached hydrogens (tertiary/aromatic N) is 1. The van der Waals surface area contributed by atoms with Crippen molar-refractivity contribution in [2.45, 2.75) is 20.4 Å². The molecule has 0 aliphatic rings. The van der Waals surface area contributed by atoms with Crippen LogP contribution in [0.3, 0.4) is 0 Å². The van der Waals surface area contributed by atoms with Crippen LogP contribution in [-0.2, 0) is 11.3 Å². The highest BCUT2D eigenvalue weighted by Crippen LogP contribution is 2.23. The van der Waals surface area contributed by atoms with E-state index in [2.05, 4.69) is 19.2 Å². The molecule has 1 rings (SSSR count). The van der Waals surface area contributed by atoms with E-state index < -0.39 is 0 Å². The number of hydrogen-bond donors (Lipinski definition) is 1. The second-order valence-electron chi connectivity index (χ2n) is 5.35. The first-order chi connectivity index (χ1) is 9.40. The minimum atomic E-state index is -0.0685. The summed E-state index contributed by atoms with van der Waals surface area (Å²) in [5.41, 5.74) is 0.963. The molecular weight excluding hydrogens is 276 g/mol. The Hall–Kier alpha value is -1.26. The van der Waals surface area contributed by atoms with E-state index in [-0.39, 0.29) is 12.5 Å². The quantitative estimate of drug-likeness (QED) is 0.841. The average molecular weight is 299 g/mol. The maximum Gasteiger partial charge on any atom is 0.259 e. The highest BCUT2D eigenvalue weighted by Gasteiger charge is 2.09. The summed E-state index contributed by atoms with van der Waals surface area (Å²) < 4.78 is 5.58. The first-order valence-corrected chi connectivity index (χ1v) is 7.10. The Bertz CT molecular complexity index is 447. The van der Waals surface area contributed by atoms with Crippen LogP contribution in [0.5, 0.6) is 5.75 Å². The van der Waals surface area contributed by atoms with Crippen LogP contribution < -0.4 is 10.1 Å². The van der Waals surface area contributed by atoms with E-state index in [9.17, 15) is 4.79 Å². The molecule has 4 nitrogen and oxygen atoms in total. The summed E-state index contributed by atoms with van der Waals surface area (Å²) in [6.45, 7) is 5.93. The van der Waals surface area contributed by atoms with Gasteiger partial charge in [0.15, 0.2) is 6.61 Å². The molecule has 1 aromatic rings. The summed E-state index contributed by atoms with van der Waals surface area (Å²) in [4.78, 5) is 13.1. The zero-order chi connectivity index (χ0) is 15.1. The molecule has 0 heterocycles. The minimum absolute atomic E-state index is 0.0335. The van der Waals surface area contributed by atoms with Gasteiger partial charge in [-0.25, -0.2) is 0 Å². The number of likely N-dealkylation sites (N-methyl/N-ethyl adjacent to an activating group) is 1. The molecule has 0 fully saturated rings. The van der Waals surface area contributed by atoms with Crippen LogP contribution in [0.25, 0.3) is 0 Å². The topological polar surface area (TPSA) is 41.6 Å². The number of hydrogen-bond acceptors (Lipinski definition) is 3. The largest absolute Gasteiger partial charge is 0.483 e. The molecule has 0 bridgehead atoms. The van der Waals surface area contributed by atoms with E-state index in [1.807, 2.05) is 6.07 Å². The van der Waals surface area contributed by atoms with E-state index in [1.54, 1.807) is 26.2 Å². The van der Waals surface area contributed by atoms with E-state index in [1.165, 1.54) is 4.90 Å². The number of nitrogens with one attached hydrogen (secondary N) is 1. The lowest BCUT2D eigenvalue weighted by Gasteiger charge is -2.15. The van der Waals surface area contributed by atoms with Gasteiger partial charge < -0.3 is 15.0 Å². The Labute approximate surface area is 126 Å². The molecule has 0 aliphatic heterocycles. The monoisotopic (exact) mass is 298 g/mol. The Kier molecular flexibility index (Phi) is 6.82. The molecule has 20 heavy (non-hydrogen) atoms. The van der Waals surface area contributed by atoms with Crippen LogP contribution in [0, 0.1) is 5.92 Å². The Morgan fingerprint density at radius 2 is 2.10 bits per heavy atom. The fourth-order valence-electron chi connectivity index (χ4n) is 1.59. The van der Waals surface area contributed by atoms with Crippen molar-refractivity contribution in [2.75, 3.05) is 27.2 Å². The van der Waals surface area contributed by atoms with Crippen molar-refractivity contribution in [1.82, 2.24) is 10.2 Å². The molecular formula is C15H23ClN2O2. The van der Waals surface area contributed by atoms with Crippen LogP contribution in [0.1, 0.15) is 19.4 Å². The van der Waals surface area contributed by atoms with Gasteiger partial charge in [0.05, 0.1) is 0 Å². The summed E-state index contributed by atoms with van der Waals surface area (Å²) in [5, 5.41) is 4.01. The molecule has 0 saturated heterocycles. The number of carbonyl (C=O) groups excluding carboxylic acids is 1. The normalized spacial score (nSPS) is 10.7. The molecule has 0 spiro atoms. The van der Waals surface area contributed by atoms with E-state index in [4.69, 9.17) is 16.3 Å². The van der Waals surface area contributed by atoms with Gasteiger partial charge >= 0.3 is 0 Å². The second kappa shape index (κ2) is 8.12. The fourth-order valence-corrected chi connectivity index (χ4v) is 1.79. The molecule has 0 atom stereocenters. The van der Waals surface area contributed by atoms with Crippen LogP contribution in [-0.4, -0.2) is 38.1 Å². The Balaban J connectivity index is 2.67. The third-order valence-electron chi connectivity index (χ3n) is 2.74. The van der Waals surface area contributed by atoms with Crippen molar-refractivity contribution in [2.24, 2.45) is 5.92 Å². The van der Waals surface area contributed by atoms with Crippen molar-refractivity contribution < 1.29 is 9.53 Å². The molecule has 1 N–H and O–H groups in total. The lowest BCUT2D eigenvalue weighted by Crippen LogP contribution is -2.28. The number of carbonyl (C=O) groups is 1. The van der Waals surface area contributed by atoms with Crippen LogP contribution >= 0.6 is 11.6 Å². The predicted molar refractivity (Wildman–Crippen MR) is 82.2 cm³/mol. The zero-order valence-corrected chi connectivity index (χ0v) is 13.3. The minimum Gasteiger partial charge on any atom is -0.483 e. The third kappa shape index (κ3) is 5.80. The molecule has 0 unspecified atom stereocenters. The lowest BCUT2D eigenvalue weighted by atomic mass is 10.2. The molecule has 112 valence electrons. The molecule has 0 aliphatic carbocycles. The molecule has 0 saturated carbocycles. The van der Waals surface area contributed by atoms with Gasteiger partial charge in [0.1, 0.15) is 5.75 Å². The van der Waals surface area contributed by atoms with Gasteiger partial charge in [0.2, 0.25) is 0 Å². The fraction of sp³-hybridized carbons (Fsp3) is 0.533. The maximum atomic E-state index is 11.6. The van der Waals surface area contributed by atoms with Gasteiger partial charge in [-0.15, -0.1) is 0 Å². The van der Waals surface area contributed by atoms with Crippen LogP contribution in [0.2, 0.25) is 5.02 Å². The number of amides is 1. The number of ether oxygens (including phenoxy) is 1. The van der Waals surface area contributed by atoms with Crippen LogP contribution in [0.15, 0.2) is 18.2 Å². The number of halogens is 1. The SMILES string of the molecule is CC(C)CNCc1cc(Cl)ccc1OCC(=O)N(C)C. The maximum absolute atomic E-state index is 11.6. The first-order valence-electron chi connectivity index (χ1n) is 6.72. The highest BCUT2D eigenvalue weighted by atomic mass is 35.5. The summed E-state index contributed by atoms with van der Waals surface area (Å²) >= 11 is 6.01. The molecule has 1 aromatic carbocycles. The smallest absolute Gasteiger partial charge is 0.259 e. The van der Waals surface area contributed by atoms with Crippen molar-refractivity contribution in [3.05, 3.63) is 28.8 Å². The molecule has 0 aromatic heterocycles. The van der Waals surface area contributed by atoms with E-state index >= 15 is 0 Å². The van der Waals surface area contributed by atoms with Crippen molar-refractivity contribution in [1.29, 1.82) is 0 Å². The Morgan fingerprint density at radius 1 is 1.40 bits per heavy atom. The lowest BCUT2D eigenvalue weighted by molar-refractivity contribution is -0.130. The van der Waals surface area contributed by atoms with Gasteiger partial charge in [-0.05, 0) is 30.7 Å². The summed E-state index contributed by atoms with van der Waals surface area (Å²) in [6, 6.07) is 5.44. The average Bonchev–Trinajstić information content (AvgIpc) is 2.36. The predicted octanol–water partition coefficient (Wildman–Crippen LogP) is 2.55. The Morgan fingerprint density at radius 3 is 2.70 bits per heavy atom. The van der Waals surface area contributed by atoms with Gasteiger partial charge in [0, 0.05) is 31.2 Å². The molecule has 1 amide bonds. The van der Waals surface area contributed by atoms with Gasteiger partial charge in [0.25, 0.3) is 5.91 Å². The summed E-state index contributed by atoms with van der Waals surface area (Å²) in [6.07, 6.45) is 0. The highest BCUT2D eigenvalue weighted by molar-refractivity contribution is 6.30. The van der Waals surface area contributed by atoms with E-state index in [0.29, 0.717) is 23.2 Å². The van der Waals surface area contributed by atoms with Gasteiger partial charge in [-0.3, -0.25) is 4.79 Å². The van der Waals surface area contributed by atoms with Gasteiger partial charge in [-0.2, -0.15) is 0 Å². The van der Waals surface area contributed by atoms with Gasteiger partial charge in [-0.1, -0.05) is 25.4 Å². The zero-order valence-electron chi connectivity index (χ0n) is 12.6. The van der Waals surface area contributed by atoms with Crippen molar-refractivity contribution in [3.63, 3.8) is 0 Å². The summed E-state index contributed by atoms with van der Waals surface area (Å²) in [5.74, 6) is 1.20. The summed E-state index contributed by atoms with van der Waals surface area (Å²) in [7, 11) is 3.41.